The number of nitrogens with zero attached hydrogens (tertiary/aromatic N) is 1. The van der Waals surface area contributed by atoms with E-state index in [1.807, 2.05) is 18.2 Å². The average molecular weight is 243 g/mol. The van der Waals surface area contributed by atoms with E-state index in [0.717, 1.165) is 5.06 Å². The van der Waals surface area contributed by atoms with E-state index in [2.05, 4.69) is 0 Å². The van der Waals surface area contributed by atoms with Gasteiger partial charge in [0.15, 0.2) is 5.76 Å². The van der Waals surface area contributed by atoms with Crippen molar-refractivity contribution in [2.75, 3.05) is 12.2 Å². The molecule has 0 unspecified atom stereocenters. The van der Waals surface area contributed by atoms with Crippen LogP contribution in [0.1, 0.15) is 0 Å². The van der Waals surface area contributed by atoms with Gasteiger partial charge in [-0.2, -0.15) is 0 Å². The number of ether oxygens (including phenoxy) is 1. The summed E-state index contributed by atoms with van der Waals surface area (Å²) in [5.41, 5.74) is 1.32. The Balaban J connectivity index is 2.22. The first-order valence-electron chi connectivity index (χ1n) is 5.44. The second kappa shape index (κ2) is 5.33. The lowest BCUT2D eigenvalue weighted by atomic mass is 10.1. The molecular weight excluding hydrogens is 230 g/mol. The fourth-order valence-corrected chi connectivity index (χ4v) is 1.56. The molecule has 1 N–H and O–H groups in total. The van der Waals surface area contributed by atoms with Crippen LogP contribution in [-0.2, 0) is 9.53 Å². The van der Waals surface area contributed by atoms with E-state index in [-0.39, 0.29) is 11.5 Å². The molecule has 0 bridgehead atoms. The zero-order chi connectivity index (χ0) is 13.0. The predicted molar refractivity (Wildman–Crippen MR) is 68.0 cm³/mol. The van der Waals surface area contributed by atoms with Crippen molar-refractivity contribution >= 4 is 11.5 Å². The molecule has 0 atom stereocenters. The third kappa shape index (κ3) is 2.67. The fourth-order valence-electron chi connectivity index (χ4n) is 1.56. The van der Waals surface area contributed by atoms with Crippen molar-refractivity contribution in [3.05, 3.63) is 66.1 Å². The molecule has 1 aromatic rings. The minimum absolute atomic E-state index is 0.182. The minimum Gasteiger partial charge on any atom is -0.493 e. The lowest BCUT2D eigenvalue weighted by Gasteiger charge is -2.14. The topological polar surface area (TPSA) is 49.8 Å². The van der Waals surface area contributed by atoms with Crippen molar-refractivity contribution in [3.63, 3.8) is 0 Å². The molecule has 1 aliphatic rings. The Morgan fingerprint density at radius 1 is 1.22 bits per heavy atom. The van der Waals surface area contributed by atoms with Gasteiger partial charge in [0.1, 0.15) is 0 Å². The van der Waals surface area contributed by atoms with Gasteiger partial charge in [0.25, 0.3) is 0 Å². The lowest BCUT2D eigenvalue weighted by Crippen LogP contribution is -2.11. The molecule has 18 heavy (non-hydrogen) atoms. The van der Waals surface area contributed by atoms with Gasteiger partial charge in [-0.25, -0.2) is 5.06 Å². The molecule has 0 aliphatic heterocycles. The number of allylic oxidation sites excluding steroid dienone is 4. The standard InChI is InChI=1S/C14H13NO3/c1-18-14-9-11(7-8-13(14)16)10-15(17)12-5-3-2-4-6-12/h2-10,17H,1H3/b11-10+. The first-order valence-corrected chi connectivity index (χ1v) is 5.44. The number of hydroxylamine groups is 1. The van der Waals surface area contributed by atoms with E-state index in [9.17, 15) is 10.0 Å². The summed E-state index contributed by atoms with van der Waals surface area (Å²) in [7, 11) is 1.44. The summed E-state index contributed by atoms with van der Waals surface area (Å²) in [6.45, 7) is 0. The Morgan fingerprint density at radius 3 is 2.61 bits per heavy atom. The Kier molecular flexibility index (Phi) is 3.60. The first-order chi connectivity index (χ1) is 8.70. The molecule has 0 saturated heterocycles. The Morgan fingerprint density at radius 2 is 1.94 bits per heavy atom. The van der Waals surface area contributed by atoms with E-state index < -0.39 is 0 Å². The molecule has 0 spiro atoms. The molecule has 4 nitrogen and oxygen atoms in total. The number of hydrogen-bond acceptors (Lipinski definition) is 4. The molecule has 0 radical (unpaired) electrons. The minimum atomic E-state index is -0.182. The molecular formula is C14H13NO3. The average Bonchev–Trinajstić information content (AvgIpc) is 2.42. The summed E-state index contributed by atoms with van der Waals surface area (Å²) in [4.78, 5) is 11.3. The van der Waals surface area contributed by atoms with Crippen LogP contribution in [0.4, 0.5) is 5.69 Å². The van der Waals surface area contributed by atoms with Gasteiger partial charge < -0.3 is 4.74 Å². The Labute approximate surface area is 105 Å². The summed E-state index contributed by atoms with van der Waals surface area (Å²) in [6, 6.07) is 9.07. The summed E-state index contributed by atoms with van der Waals surface area (Å²) in [6.07, 6.45) is 6.12. The predicted octanol–water partition coefficient (Wildman–Crippen LogP) is 2.44. The molecule has 0 fully saturated rings. The number of para-hydroxylation sites is 1. The summed E-state index contributed by atoms with van der Waals surface area (Å²) < 4.78 is 4.94. The van der Waals surface area contributed by atoms with Crippen molar-refractivity contribution in [2.45, 2.75) is 0 Å². The van der Waals surface area contributed by atoms with E-state index in [0.29, 0.717) is 11.3 Å². The van der Waals surface area contributed by atoms with Gasteiger partial charge in [-0.05, 0) is 35.9 Å². The summed E-state index contributed by atoms with van der Waals surface area (Å²) >= 11 is 0. The third-order valence-electron chi connectivity index (χ3n) is 2.48. The molecule has 0 amide bonds. The van der Waals surface area contributed by atoms with Gasteiger partial charge in [0.2, 0.25) is 5.78 Å². The van der Waals surface area contributed by atoms with E-state index in [1.54, 1.807) is 24.3 Å². The first kappa shape index (κ1) is 12.1. The fraction of sp³-hybridized carbons (Fsp3) is 0.0714. The number of carbonyl (C=O) groups excluding carboxylic acids is 1. The van der Waals surface area contributed by atoms with Gasteiger partial charge in [0, 0.05) is 6.20 Å². The highest BCUT2D eigenvalue weighted by atomic mass is 16.5. The number of hydrogen-bond donors (Lipinski definition) is 1. The zero-order valence-electron chi connectivity index (χ0n) is 9.91. The van der Waals surface area contributed by atoms with Crippen LogP contribution in [-0.4, -0.2) is 18.1 Å². The Bertz CT molecular complexity index is 529. The van der Waals surface area contributed by atoms with Gasteiger partial charge >= 0.3 is 0 Å². The molecule has 4 heteroatoms. The van der Waals surface area contributed by atoms with Crippen LogP contribution in [0.5, 0.6) is 0 Å². The number of benzene rings is 1. The number of rotatable bonds is 3. The maximum absolute atomic E-state index is 11.3. The molecule has 0 saturated carbocycles. The van der Waals surface area contributed by atoms with Crippen molar-refractivity contribution in [3.8, 4) is 0 Å². The normalized spacial score (nSPS) is 16.7. The van der Waals surface area contributed by atoms with Crippen LogP contribution in [0.3, 0.4) is 0 Å². The van der Waals surface area contributed by atoms with Crippen LogP contribution in [0.15, 0.2) is 66.1 Å². The molecule has 1 aliphatic carbocycles. The zero-order valence-corrected chi connectivity index (χ0v) is 9.91. The molecule has 2 rings (SSSR count). The SMILES string of the molecule is COC1=C/C(=C/N(O)c2ccccc2)C=CC1=O. The van der Waals surface area contributed by atoms with Crippen molar-refractivity contribution in [2.24, 2.45) is 0 Å². The summed E-state index contributed by atoms with van der Waals surface area (Å²) in [5.74, 6) is 0.0732. The second-order valence-electron chi connectivity index (χ2n) is 3.72. The number of carbonyl (C=O) groups is 1. The largest absolute Gasteiger partial charge is 0.493 e. The van der Waals surface area contributed by atoms with E-state index in [4.69, 9.17) is 4.74 Å². The van der Waals surface area contributed by atoms with Crippen LogP contribution < -0.4 is 5.06 Å². The van der Waals surface area contributed by atoms with Crippen molar-refractivity contribution < 1.29 is 14.7 Å². The molecule has 0 heterocycles. The number of methoxy groups -OCH3 is 1. The van der Waals surface area contributed by atoms with E-state index in [1.165, 1.54) is 19.4 Å². The van der Waals surface area contributed by atoms with Crippen molar-refractivity contribution in [1.82, 2.24) is 0 Å². The van der Waals surface area contributed by atoms with Gasteiger partial charge in [-0.1, -0.05) is 18.2 Å². The van der Waals surface area contributed by atoms with Crippen molar-refractivity contribution in [1.29, 1.82) is 0 Å². The van der Waals surface area contributed by atoms with Crippen LogP contribution in [0.2, 0.25) is 0 Å². The smallest absolute Gasteiger partial charge is 0.220 e. The van der Waals surface area contributed by atoms with Gasteiger partial charge in [-0.15, -0.1) is 0 Å². The second-order valence-corrected chi connectivity index (χ2v) is 3.72. The third-order valence-corrected chi connectivity index (χ3v) is 2.48. The maximum atomic E-state index is 11.3. The van der Waals surface area contributed by atoms with Crippen LogP contribution in [0, 0.1) is 0 Å². The molecule has 0 aromatic heterocycles. The Hall–Kier alpha value is -2.33. The monoisotopic (exact) mass is 243 g/mol. The number of anilines is 1. The summed E-state index contributed by atoms with van der Waals surface area (Å²) in [5, 5.41) is 10.9. The number of ketones is 1. The highest BCUT2D eigenvalue weighted by molar-refractivity contribution is 6.04. The molecule has 92 valence electrons. The van der Waals surface area contributed by atoms with Gasteiger partial charge in [0.05, 0.1) is 12.8 Å². The van der Waals surface area contributed by atoms with Gasteiger partial charge in [-0.3, -0.25) is 10.0 Å². The van der Waals surface area contributed by atoms with Crippen LogP contribution in [0.25, 0.3) is 0 Å². The quantitative estimate of drug-likeness (QED) is 0.828. The maximum Gasteiger partial charge on any atom is 0.220 e. The van der Waals surface area contributed by atoms with E-state index >= 15 is 0 Å². The highest BCUT2D eigenvalue weighted by Crippen LogP contribution is 2.17. The molecule has 1 aromatic carbocycles. The van der Waals surface area contributed by atoms with Crippen LogP contribution >= 0.6 is 0 Å². The highest BCUT2D eigenvalue weighted by Gasteiger charge is 2.12. The lowest BCUT2D eigenvalue weighted by molar-refractivity contribution is -0.114.